The molecule has 0 saturated heterocycles. The summed E-state index contributed by atoms with van der Waals surface area (Å²) >= 11 is 0. The fraction of sp³-hybridized carbons (Fsp3) is 0.857. The number of carboxylic acids is 1. The van der Waals surface area contributed by atoms with Crippen molar-refractivity contribution in [2.45, 2.75) is 13.0 Å². The maximum absolute atomic E-state index is 11.1. The number of hydrogen-bond acceptors (Lipinski definition) is 5. The molecule has 0 rings (SSSR count). The lowest BCUT2D eigenvalue weighted by atomic mass is 10.4. The molecule has 7 nitrogen and oxygen atoms in total. The quantitative estimate of drug-likeness (QED) is 0.440. The van der Waals surface area contributed by atoms with E-state index in [-0.39, 0.29) is 12.4 Å². The van der Waals surface area contributed by atoms with Crippen LogP contribution in [-0.4, -0.2) is 56.2 Å². The zero-order valence-electron chi connectivity index (χ0n) is 8.34. The summed E-state index contributed by atoms with van der Waals surface area (Å²) in [6.07, 6.45) is -1.73. The van der Waals surface area contributed by atoms with Crippen molar-refractivity contribution in [1.29, 1.82) is 0 Å². The highest BCUT2D eigenvalue weighted by Crippen LogP contribution is 1.88. The number of carboxylic acid groups (broad SMARTS) is 1. The number of aliphatic hydroxyl groups excluding tert-OH is 1. The second-order valence-corrected chi connectivity index (χ2v) is 4.64. The Balaban J connectivity index is 3.89. The largest absolute Gasteiger partial charge is 0.479 e. The lowest BCUT2D eigenvalue weighted by Gasteiger charge is -2.08. The van der Waals surface area contributed by atoms with Crippen molar-refractivity contribution >= 4 is 16.0 Å². The van der Waals surface area contributed by atoms with Crippen LogP contribution in [0, 0.1) is 0 Å². The highest BCUT2D eigenvalue weighted by atomic mass is 32.2. The molecule has 0 bridgehead atoms. The van der Waals surface area contributed by atoms with E-state index in [1.807, 2.05) is 4.72 Å². The van der Waals surface area contributed by atoms with E-state index in [9.17, 15) is 13.2 Å². The van der Waals surface area contributed by atoms with E-state index >= 15 is 0 Å². The molecule has 0 spiro atoms. The second-order valence-electron chi connectivity index (χ2n) is 2.72. The van der Waals surface area contributed by atoms with Crippen LogP contribution in [0.2, 0.25) is 0 Å². The van der Waals surface area contributed by atoms with Crippen molar-refractivity contribution in [3.63, 3.8) is 0 Å². The molecule has 8 heteroatoms. The first-order chi connectivity index (χ1) is 6.89. The van der Waals surface area contributed by atoms with E-state index in [0.717, 1.165) is 0 Å². The van der Waals surface area contributed by atoms with Gasteiger partial charge in [0.25, 0.3) is 0 Å². The third-order valence-electron chi connectivity index (χ3n) is 1.48. The van der Waals surface area contributed by atoms with Crippen molar-refractivity contribution in [3.05, 3.63) is 0 Å². The van der Waals surface area contributed by atoms with Gasteiger partial charge in [-0.25, -0.2) is 17.9 Å². The molecule has 0 aliphatic rings. The SMILES string of the molecule is CCOCCS(=O)(=O)NCC(O)C(=O)O. The maximum Gasteiger partial charge on any atom is 0.333 e. The van der Waals surface area contributed by atoms with Crippen LogP contribution in [0.5, 0.6) is 0 Å². The summed E-state index contributed by atoms with van der Waals surface area (Å²) in [6, 6.07) is 0. The molecule has 0 aromatic carbocycles. The Hall–Kier alpha value is -0.700. The summed E-state index contributed by atoms with van der Waals surface area (Å²) in [6.45, 7) is 1.64. The summed E-state index contributed by atoms with van der Waals surface area (Å²) in [4.78, 5) is 10.2. The predicted molar refractivity (Wildman–Crippen MR) is 51.9 cm³/mol. The number of carbonyl (C=O) groups is 1. The molecular weight excluding hydrogens is 226 g/mol. The first-order valence-corrected chi connectivity index (χ1v) is 6.00. The summed E-state index contributed by atoms with van der Waals surface area (Å²) in [5.74, 6) is -1.73. The standard InChI is InChI=1S/C7H15NO6S/c1-2-14-3-4-15(12,13)8-5-6(9)7(10)11/h6,8-9H,2-5H2,1H3,(H,10,11). The van der Waals surface area contributed by atoms with Gasteiger partial charge >= 0.3 is 5.97 Å². The van der Waals surface area contributed by atoms with Gasteiger partial charge in [0, 0.05) is 13.2 Å². The number of rotatable bonds is 8. The van der Waals surface area contributed by atoms with Crippen molar-refractivity contribution in [1.82, 2.24) is 4.72 Å². The van der Waals surface area contributed by atoms with Gasteiger partial charge in [0.1, 0.15) is 0 Å². The molecule has 0 aliphatic carbocycles. The van der Waals surface area contributed by atoms with Gasteiger partial charge in [-0.1, -0.05) is 0 Å². The minimum absolute atomic E-state index is 0.0367. The van der Waals surface area contributed by atoms with Crippen molar-refractivity contribution < 1.29 is 28.2 Å². The number of ether oxygens (including phenoxy) is 1. The van der Waals surface area contributed by atoms with Crippen LogP contribution in [0.1, 0.15) is 6.92 Å². The Morgan fingerprint density at radius 1 is 1.53 bits per heavy atom. The van der Waals surface area contributed by atoms with Crippen molar-refractivity contribution in [2.75, 3.05) is 25.5 Å². The minimum Gasteiger partial charge on any atom is -0.479 e. The normalized spacial score (nSPS) is 13.7. The molecule has 0 amide bonds. The number of hydrogen-bond donors (Lipinski definition) is 3. The van der Waals surface area contributed by atoms with Crippen LogP contribution in [0.15, 0.2) is 0 Å². The van der Waals surface area contributed by atoms with E-state index in [2.05, 4.69) is 0 Å². The van der Waals surface area contributed by atoms with Crippen LogP contribution in [-0.2, 0) is 19.6 Å². The molecule has 0 aromatic heterocycles. The van der Waals surface area contributed by atoms with Gasteiger partial charge in [-0.15, -0.1) is 0 Å². The van der Waals surface area contributed by atoms with E-state index in [0.29, 0.717) is 6.61 Å². The van der Waals surface area contributed by atoms with Gasteiger partial charge in [0.2, 0.25) is 10.0 Å². The van der Waals surface area contributed by atoms with Gasteiger partial charge < -0.3 is 14.9 Å². The molecule has 0 aliphatic heterocycles. The Morgan fingerprint density at radius 3 is 2.60 bits per heavy atom. The summed E-state index contributed by atoms with van der Waals surface area (Å²) < 4.78 is 29.1. The first kappa shape index (κ1) is 14.3. The number of aliphatic hydroxyl groups is 1. The third kappa shape index (κ3) is 7.25. The molecule has 15 heavy (non-hydrogen) atoms. The molecule has 0 radical (unpaired) electrons. The fourth-order valence-electron chi connectivity index (χ4n) is 0.678. The van der Waals surface area contributed by atoms with Gasteiger partial charge in [-0.3, -0.25) is 0 Å². The Labute approximate surface area is 88.1 Å². The predicted octanol–water partition coefficient (Wildman–Crippen LogP) is -1.61. The number of nitrogens with one attached hydrogen (secondary N) is 1. The highest BCUT2D eigenvalue weighted by molar-refractivity contribution is 7.89. The minimum atomic E-state index is -3.58. The van der Waals surface area contributed by atoms with Crippen LogP contribution in [0.4, 0.5) is 0 Å². The molecular formula is C7H15NO6S. The number of sulfonamides is 1. The van der Waals surface area contributed by atoms with E-state index in [1.54, 1.807) is 6.92 Å². The average Bonchev–Trinajstić information content (AvgIpc) is 2.14. The molecule has 1 unspecified atom stereocenters. The highest BCUT2D eigenvalue weighted by Gasteiger charge is 2.17. The zero-order chi connectivity index (χ0) is 11.9. The summed E-state index contributed by atoms with van der Waals surface area (Å²) in [5.41, 5.74) is 0. The first-order valence-electron chi connectivity index (χ1n) is 4.35. The molecule has 1 atom stereocenters. The smallest absolute Gasteiger partial charge is 0.333 e. The van der Waals surface area contributed by atoms with E-state index in [4.69, 9.17) is 14.9 Å². The van der Waals surface area contributed by atoms with Crippen molar-refractivity contribution in [3.8, 4) is 0 Å². The van der Waals surface area contributed by atoms with E-state index in [1.165, 1.54) is 0 Å². The van der Waals surface area contributed by atoms with Crippen LogP contribution in [0.3, 0.4) is 0 Å². The molecule has 90 valence electrons. The molecule has 3 N–H and O–H groups in total. The van der Waals surface area contributed by atoms with Gasteiger partial charge in [-0.2, -0.15) is 0 Å². The fourth-order valence-corrected chi connectivity index (χ4v) is 1.57. The molecule has 0 heterocycles. The maximum atomic E-state index is 11.1. The lowest BCUT2D eigenvalue weighted by molar-refractivity contribution is -0.146. The molecule has 0 aromatic rings. The molecule has 0 saturated carbocycles. The van der Waals surface area contributed by atoms with Crippen molar-refractivity contribution in [2.24, 2.45) is 0 Å². The Kier molecular flexibility index (Phi) is 6.41. The third-order valence-corrected chi connectivity index (χ3v) is 2.79. The second kappa shape index (κ2) is 6.72. The Bertz CT molecular complexity index is 288. The van der Waals surface area contributed by atoms with Gasteiger partial charge in [0.15, 0.2) is 6.10 Å². The van der Waals surface area contributed by atoms with Gasteiger partial charge in [-0.05, 0) is 6.92 Å². The average molecular weight is 241 g/mol. The lowest BCUT2D eigenvalue weighted by Crippen LogP contribution is -2.38. The van der Waals surface area contributed by atoms with Crippen LogP contribution < -0.4 is 4.72 Å². The summed E-state index contributed by atoms with van der Waals surface area (Å²) in [7, 11) is -3.58. The van der Waals surface area contributed by atoms with E-state index < -0.39 is 28.6 Å². The van der Waals surface area contributed by atoms with Crippen LogP contribution >= 0.6 is 0 Å². The Morgan fingerprint density at radius 2 is 2.13 bits per heavy atom. The van der Waals surface area contributed by atoms with Gasteiger partial charge in [0.05, 0.1) is 12.4 Å². The molecule has 0 fully saturated rings. The topological polar surface area (TPSA) is 113 Å². The monoisotopic (exact) mass is 241 g/mol. The zero-order valence-corrected chi connectivity index (χ0v) is 9.16. The number of aliphatic carboxylic acids is 1. The summed E-state index contributed by atoms with van der Waals surface area (Å²) in [5, 5.41) is 17.1. The van der Waals surface area contributed by atoms with Crippen LogP contribution in [0.25, 0.3) is 0 Å².